The van der Waals surface area contributed by atoms with Crippen molar-refractivity contribution in [3.8, 4) is 0 Å². The van der Waals surface area contributed by atoms with Crippen molar-refractivity contribution in [1.29, 1.82) is 0 Å². The van der Waals surface area contributed by atoms with Crippen molar-refractivity contribution in [1.82, 2.24) is 14.8 Å². The topological polar surface area (TPSA) is 68.3 Å². The highest BCUT2D eigenvalue weighted by atomic mass is 32.2. The Morgan fingerprint density at radius 1 is 0.976 bits per heavy atom. The summed E-state index contributed by atoms with van der Waals surface area (Å²) in [6.45, 7) is 3.78. The Bertz CT molecular complexity index is 1590. The van der Waals surface area contributed by atoms with Crippen LogP contribution in [0.4, 0.5) is 14.9 Å². The van der Waals surface area contributed by atoms with Crippen LogP contribution in [0.1, 0.15) is 40.0 Å². The molecule has 2 aliphatic rings. The van der Waals surface area contributed by atoms with Crippen molar-refractivity contribution in [2.45, 2.75) is 41.6 Å². The first-order valence-electron chi connectivity index (χ1n) is 13.8. The van der Waals surface area contributed by atoms with Gasteiger partial charge >= 0.3 is 12.0 Å². The first-order valence-corrected chi connectivity index (χ1v) is 14.6. The summed E-state index contributed by atoms with van der Waals surface area (Å²) in [7, 11) is 0. The summed E-state index contributed by atoms with van der Waals surface area (Å²) < 4.78 is 18.9. The molecule has 1 spiro atoms. The molecule has 41 heavy (non-hydrogen) atoms. The van der Waals surface area contributed by atoms with Crippen molar-refractivity contribution in [2.75, 3.05) is 19.6 Å². The number of pyridine rings is 1. The maximum absolute atomic E-state index is 14.6. The fraction of sp³-hybridized carbons (Fsp3) is 0.242. The fourth-order valence-corrected chi connectivity index (χ4v) is 6.94. The third-order valence-corrected chi connectivity index (χ3v) is 9.11. The molecule has 1 unspecified atom stereocenters. The number of hydrogen-bond acceptors (Lipinski definition) is 6. The highest BCUT2D eigenvalue weighted by Crippen LogP contribution is 2.52. The van der Waals surface area contributed by atoms with Crippen LogP contribution in [0.2, 0.25) is 0 Å². The number of fused-ring (bicyclic) bond motifs is 2. The van der Waals surface area contributed by atoms with E-state index in [0.717, 1.165) is 46.8 Å². The Hall–Kier alpha value is -3.85. The van der Waals surface area contributed by atoms with E-state index in [0.29, 0.717) is 23.5 Å². The number of nitrogens with zero attached hydrogens (tertiary/aromatic N) is 2. The number of quaternary nitrogens is 1. The number of carbonyl (C=O) groups excluding carboxylic acids is 2. The van der Waals surface area contributed by atoms with Gasteiger partial charge in [0.25, 0.3) is 0 Å². The average Bonchev–Trinajstić information content (AvgIpc) is 3.27. The number of halogens is 1. The van der Waals surface area contributed by atoms with E-state index in [2.05, 4.69) is 16.4 Å². The fourth-order valence-electron chi connectivity index (χ4n) is 6.09. The summed E-state index contributed by atoms with van der Waals surface area (Å²) in [6.07, 6.45) is 2.61. The molecule has 208 valence electrons. The third-order valence-electron chi connectivity index (χ3n) is 8.11. The van der Waals surface area contributed by atoms with Crippen LogP contribution in [-0.2, 0) is 16.8 Å². The van der Waals surface area contributed by atoms with Crippen LogP contribution in [0.15, 0.2) is 101 Å². The lowest BCUT2D eigenvalue weighted by Gasteiger charge is -2.35. The Balaban J connectivity index is 1.46. The number of aryl methyl sites for hydroxylation is 1. The highest BCUT2D eigenvalue weighted by Gasteiger charge is 2.63. The minimum Gasteiger partial charge on any atom is -0.415 e. The van der Waals surface area contributed by atoms with Gasteiger partial charge in [-0.15, -0.1) is 4.48 Å². The SMILES string of the molecule is Cc1cc(C(=O)[N+]2(C(=O)OCc3ccccc3)CC3(CCNCC3)c3cc(Sc4ccc(F)cc4)ccc32)ccn1. The second kappa shape index (κ2) is 11.2. The van der Waals surface area contributed by atoms with E-state index in [4.69, 9.17) is 4.74 Å². The number of carbonyl (C=O) groups is 2. The van der Waals surface area contributed by atoms with E-state index in [-0.39, 0.29) is 23.7 Å². The van der Waals surface area contributed by atoms with Gasteiger partial charge in [0, 0.05) is 33.3 Å². The van der Waals surface area contributed by atoms with Crippen molar-refractivity contribution < 1.29 is 18.7 Å². The molecule has 1 N–H and O–H groups in total. The van der Waals surface area contributed by atoms with E-state index in [9.17, 15) is 14.0 Å². The van der Waals surface area contributed by atoms with Crippen LogP contribution >= 0.6 is 11.8 Å². The van der Waals surface area contributed by atoms with Crippen LogP contribution in [0.3, 0.4) is 0 Å². The minimum atomic E-state index is -0.580. The number of rotatable bonds is 5. The Labute approximate surface area is 243 Å². The molecule has 1 fully saturated rings. The summed E-state index contributed by atoms with van der Waals surface area (Å²) in [4.78, 5) is 35.0. The van der Waals surface area contributed by atoms with E-state index < -0.39 is 10.6 Å². The number of ether oxygens (including phenoxy) is 1. The van der Waals surface area contributed by atoms with Crippen molar-refractivity contribution in [3.63, 3.8) is 0 Å². The quantitative estimate of drug-likeness (QED) is 0.267. The molecule has 0 radical (unpaired) electrons. The molecular weight excluding hydrogens is 537 g/mol. The Morgan fingerprint density at radius 2 is 1.71 bits per heavy atom. The molecule has 3 aromatic carbocycles. The zero-order valence-corrected chi connectivity index (χ0v) is 23.6. The molecule has 6 rings (SSSR count). The van der Waals surface area contributed by atoms with Gasteiger partial charge in [-0.2, -0.15) is 4.79 Å². The molecular formula is C33H31FN3O3S+. The molecule has 4 aromatic rings. The lowest BCUT2D eigenvalue weighted by molar-refractivity contribution is 0.0625. The predicted molar refractivity (Wildman–Crippen MR) is 157 cm³/mol. The van der Waals surface area contributed by atoms with Gasteiger partial charge in [0.1, 0.15) is 19.0 Å². The van der Waals surface area contributed by atoms with Gasteiger partial charge in [-0.1, -0.05) is 42.1 Å². The molecule has 3 heterocycles. The summed E-state index contributed by atoms with van der Waals surface area (Å²) in [6, 6.07) is 25.3. The van der Waals surface area contributed by atoms with Gasteiger partial charge < -0.3 is 10.1 Å². The first-order chi connectivity index (χ1) is 19.9. The minimum absolute atomic E-state index is 0.0741. The molecule has 2 aliphatic heterocycles. The first kappa shape index (κ1) is 27.3. The number of aromatic nitrogens is 1. The maximum atomic E-state index is 14.6. The number of amides is 2. The number of imide groups is 1. The van der Waals surface area contributed by atoms with E-state index in [1.807, 2.05) is 49.4 Å². The number of nitrogens with one attached hydrogen (secondary N) is 1. The van der Waals surface area contributed by atoms with E-state index >= 15 is 0 Å². The standard InChI is InChI=1S/C33H31FN3O3S/c1-23-19-25(13-16-36-23)31(38)37(32(39)40-21-24-5-3-2-4-6-24)22-33(14-17-35-18-15-33)29-20-28(11-12-30(29)37)41-27-9-7-26(34)8-10-27/h2-13,16,19-20,35H,14-15,17-18,21-22H2,1H3/q+1. The summed E-state index contributed by atoms with van der Waals surface area (Å²) in [5.74, 6) is -0.595. The molecule has 0 aliphatic carbocycles. The summed E-state index contributed by atoms with van der Waals surface area (Å²) in [5, 5.41) is 3.44. The predicted octanol–water partition coefficient (Wildman–Crippen LogP) is 6.80. The molecule has 6 nitrogen and oxygen atoms in total. The smallest absolute Gasteiger partial charge is 0.415 e. The largest absolute Gasteiger partial charge is 0.529 e. The van der Waals surface area contributed by atoms with Crippen LogP contribution < -0.4 is 9.80 Å². The number of piperidine rings is 1. The average molecular weight is 569 g/mol. The Kier molecular flexibility index (Phi) is 7.46. The molecule has 0 saturated carbocycles. The maximum Gasteiger partial charge on any atom is 0.529 e. The zero-order chi connectivity index (χ0) is 28.5. The number of hydrogen-bond donors (Lipinski definition) is 1. The lowest BCUT2D eigenvalue weighted by Crippen LogP contribution is -2.60. The second-order valence-electron chi connectivity index (χ2n) is 10.8. The lowest BCUT2D eigenvalue weighted by atomic mass is 9.75. The molecule has 8 heteroatoms. The summed E-state index contributed by atoms with van der Waals surface area (Å²) >= 11 is 1.53. The van der Waals surface area contributed by atoms with Crippen molar-refractivity contribution in [2.24, 2.45) is 0 Å². The Morgan fingerprint density at radius 3 is 2.44 bits per heavy atom. The molecule has 0 bridgehead atoms. The van der Waals surface area contributed by atoms with Crippen LogP contribution in [0, 0.1) is 12.7 Å². The zero-order valence-electron chi connectivity index (χ0n) is 22.8. The van der Waals surface area contributed by atoms with Gasteiger partial charge in [-0.3, -0.25) is 4.98 Å². The van der Waals surface area contributed by atoms with E-state index in [1.54, 1.807) is 30.5 Å². The molecule has 1 atom stereocenters. The normalized spacial score (nSPS) is 19.1. The second-order valence-corrected chi connectivity index (χ2v) is 11.9. The van der Waals surface area contributed by atoms with Gasteiger partial charge in [-0.25, -0.2) is 9.18 Å². The van der Waals surface area contributed by atoms with Crippen LogP contribution in [0.5, 0.6) is 0 Å². The molecule has 1 aromatic heterocycles. The highest BCUT2D eigenvalue weighted by molar-refractivity contribution is 7.99. The summed E-state index contributed by atoms with van der Waals surface area (Å²) in [5.41, 5.74) is 3.26. The molecule has 2 amide bonds. The monoisotopic (exact) mass is 568 g/mol. The third kappa shape index (κ3) is 5.19. The van der Waals surface area contributed by atoms with Gasteiger partial charge in [-0.05, 0) is 86.9 Å². The van der Waals surface area contributed by atoms with Crippen molar-refractivity contribution >= 4 is 29.4 Å². The number of benzene rings is 3. The molecule has 1 saturated heterocycles. The van der Waals surface area contributed by atoms with Gasteiger partial charge in [0.15, 0.2) is 5.69 Å². The van der Waals surface area contributed by atoms with Gasteiger partial charge in [0.2, 0.25) is 0 Å². The van der Waals surface area contributed by atoms with Crippen LogP contribution in [-0.4, -0.2) is 36.6 Å². The van der Waals surface area contributed by atoms with Crippen LogP contribution in [0.25, 0.3) is 0 Å². The van der Waals surface area contributed by atoms with Crippen molar-refractivity contribution in [3.05, 3.63) is 119 Å². The van der Waals surface area contributed by atoms with Gasteiger partial charge in [0.05, 0.1) is 11.0 Å². The van der Waals surface area contributed by atoms with E-state index in [1.165, 1.54) is 23.9 Å².